The topological polar surface area (TPSA) is 12.0 Å². The van der Waals surface area contributed by atoms with Gasteiger partial charge in [0, 0.05) is 17.1 Å². The molecule has 0 saturated heterocycles. The van der Waals surface area contributed by atoms with Gasteiger partial charge in [0.25, 0.3) is 0 Å². The van der Waals surface area contributed by atoms with Crippen LogP contribution in [0.25, 0.3) is 0 Å². The number of hydrogen-bond acceptors (Lipinski definition) is 2. The highest BCUT2D eigenvalue weighted by Crippen LogP contribution is 2.04. The number of halogens is 2. The standard InChI is InChI=1S/C8H15Cl2NS/c1-7(6-12-2)4-11-5-8(10)3-9/h3,7,11H,4-6H2,1-2H3. The van der Waals surface area contributed by atoms with Crippen molar-refractivity contribution in [3.05, 3.63) is 10.6 Å². The van der Waals surface area contributed by atoms with Crippen LogP contribution in [0.2, 0.25) is 0 Å². The van der Waals surface area contributed by atoms with Gasteiger partial charge in [0.15, 0.2) is 0 Å². The second-order valence-electron chi connectivity index (χ2n) is 2.75. The van der Waals surface area contributed by atoms with E-state index < -0.39 is 0 Å². The Morgan fingerprint density at radius 1 is 1.67 bits per heavy atom. The van der Waals surface area contributed by atoms with Gasteiger partial charge in [-0.2, -0.15) is 11.8 Å². The Kier molecular flexibility index (Phi) is 8.67. The van der Waals surface area contributed by atoms with E-state index >= 15 is 0 Å². The van der Waals surface area contributed by atoms with E-state index in [0.717, 1.165) is 6.54 Å². The Labute approximate surface area is 88.9 Å². The Balaban J connectivity index is 3.30. The highest BCUT2D eigenvalue weighted by Gasteiger charge is 1.99. The van der Waals surface area contributed by atoms with Crippen LogP contribution in [-0.4, -0.2) is 25.1 Å². The quantitative estimate of drug-likeness (QED) is 0.750. The largest absolute Gasteiger partial charge is 0.311 e. The van der Waals surface area contributed by atoms with Crippen LogP contribution < -0.4 is 5.32 Å². The Hall–Kier alpha value is 0.630. The molecule has 0 aliphatic carbocycles. The van der Waals surface area contributed by atoms with Crippen LogP contribution in [-0.2, 0) is 0 Å². The van der Waals surface area contributed by atoms with Crippen molar-refractivity contribution in [2.45, 2.75) is 6.92 Å². The second kappa shape index (κ2) is 8.24. The molecule has 1 N–H and O–H groups in total. The first-order valence-electron chi connectivity index (χ1n) is 3.85. The van der Waals surface area contributed by atoms with Crippen molar-refractivity contribution in [2.24, 2.45) is 5.92 Å². The lowest BCUT2D eigenvalue weighted by Crippen LogP contribution is -2.23. The molecule has 0 aromatic heterocycles. The summed E-state index contributed by atoms with van der Waals surface area (Å²) in [5.41, 5.74) is 1.40. The fourth-order valence-electron chi connectivity index (χ4n) is 0.820. The van der Waals surface area contributed by atoms with Crippen LogP contribution >= 0.6 is 35.0 Å². The summed E-state index contributed by atoms with van der Waals surface area (Å²) in [4.78, 5) is 0. The molecule has 1 nitrogen and oxygen atoms in total. The van der Waals surface area contributed by atoms with Gasteiger partial charge in [0.2, 0.25) is 0 Å². The predicted octanol–water partition coefficient (Wildman–Crippen LogP) is 2.89. The summed E-state index contributed by atoms with van der Waals surface area (Å²) >= 11 is 12.9. The van der Waals surface area contributed by atoms with Crippen molar-refractivity contribution in [2.75, 3.05) is 25.1 Å². The van der Waals surface area contributed by atoms with Crippen LogP contribution in [0.15, 0.2) is 10.6 Å². The zero-order chi connectivity index (χ0) is 9.40. The molecule has 1 unspecified atom stereocenters. The van der Waals surface area contributed by atoms with Crippen LogP contribution in [0, 0.1) is 5.92 Å². The predicted molar refractivity (Wildman–Crippen MR) is 60.2 cm³/mol. The van der Waals surface area contributed by atoms with Crippen molar-refractivity contribution in [3.8, 4) is 0 Å². The van der Waals surface area contributed by atoms with E-state index in [1.165, 1.54) is 11.3 Å². The molecule has 0 amide bonds. The lowest BCUT2D eigenvalue weighted by molar-refractivity contribution is 0.583. The highest BCUT2D eigenvalue weighted by molar-refractivity contribution is 7.98. The maximum Gasteiger partial charge on any atom is 0.0431 e. The average molecular weight is 228 g/mol. The average Bonchev–Trinajstić information content (AvgIpc) is 2.04. The first-order chi connectivity index (χ1) is 5.70. The van der Waals surface area contributed by atoms with Gasteiger partial charge < -0.3 is 5.32 Å². The minimum Gasteiger partial charge on any atom is -0.311 e. The van der Waals surface area contributed by atoms with Gasteiger partial charge in [-0.3, -0.25) is 0 Å². The van der Waals surface area contributed by atoms with E-state index in [2.05, 4.69) is 18.5 Å². The number of nitrogens with one attached hydrogen (secondary N) is 1. The Bertz CT molecular complexity index is 139. The molecule has 0 bridgehead atoms. The molecule has 12 heavy (non-hydrogen) atoms. The monoisotopic (exact) mass is 227 g/mol. The molecular formula is C8H15Cl2NS. The van der Waals surface area contributed by atoms with Gasteiger partial charge in [0.05, 0.1) is 0 Å². The van der Waals surface area contributed by atoms with Crippen molar-refractivity contribution in [1.29, 1.82) is 0 Å². The van der Waals surface area contributed by atoms with Crippen LogP contribution in [0.1, 0.15) is 6.92 Å². The first-order valence-corrected chi connectivity index (χ1v) is 6.06. The zero-order valence-electron chi connectivity index (χ0n) is 7.44. The molecule has 1 atom stereocenters. The van der Waals surface area contributed by atoms with Crippen molar-refractivity contribution in [3.63, 3.8) is 0 Å². The van der Waals surface area contributed by atoms with E-state index in [-0.39, 0.29) is 0 Å². The SMILES string of the molecule is CSCC(C)CNCC(Cl)=CCl. The van der Waals surface area contributed by atoms with E-state index in [9.17, 15) is 0 Å². The summed E-state index contributed by atoms with van der Waals surface area (Å²) in [5.74, 6) is 1.86. The summed E-state index contributed by atoms with van der Waals surface area (Å²) in [6, 6.07) is 0. The van der Waals surface area contributed by atoms with Gasteiger partial charge in [-0.05, 0) is 24.5 Å². The van der Waals surface area contributed by atoms with Gasteiger partial charge in [-0.1, -0.05) is 30.1 Å². The van der Waals surface area contributed by atoms with Crippen LogP contribution in [0.4, 0.5) is 0 Å². The minimum absolute atomic E-state index is 0.660. The molecule has 0 aromatic rings. The molecule has 0 aliphatic rings. The molecule has 0 fully saturated rings. The molecule has 72 valence electrons. The van der Waals surface area contributed by atoms with Crippen molar-refractivity contribution < 1.29 is 0 Å². The molecular weight excluding hydrogens is 213 g/mol. The third-order valence-electron chi connectivity index (χ3n) is 1.36. The molecule has 0 rings (SSSR count). The maximum absolute atomic E-state index is 5.69. The molecule has 0 aliphatic heterocycles. The molecule has 0 saturated carbocycles. The van der Waals surface area contributed by atoms with E-state index in [1.54, 1.807) is 0 Å². The number of hydrogen-bond donors (Lipinski definition) is 1. The lowest BCUT2D eigenvalue weighted by Gasteiger charge is -2.09. The third-order valence-corrected chi connectivity index (χ3v) is 2.88. The Morgan fingerprint density at radius 3 is 2.83 bits per heavy atom. The first kappa shape index (κ1) is 12.6. The zero-order valence-corrected chi connectivity index (χ0v) is 9.77. The van der Waals surface area contributed by atoms with Crippen LogP contribution in [0.5, 0.6) is 0 Å². The smallest absolute Gasteiger partial charge is 0.0431 e. The van der Waals surface area contributed by atoms with E-state index in [0.29, 0.717) is 17.5 Å². The molecule has 0 aromatic carbocycles. The summed E-state index contributed by atoms with van der Waals surface area (Å²) in [7, 11) is 0. The molecule has 0 radical (unpaired) electrons. The Morgan fingerprint density at radius 2 is 2.33 bits per heavy atom. The normalized spacial score (nSPS) is 14.8. The lowest BCUT2D eigenvalue weighted by atomic mass is 10.2. The van der Waals surface area contributed by atoms with Gasteiger partial charge in [-0.25, -0.2) is 0 Å². The summed E-state index contributed by atoms with van der Waals surface area (Å²) in [5, 5.41) is 3.88. The second-order valence-corrected chi connectivity index (χ2v) is 4.36. The third kappa shape index (κ3) is 7.29. The molecule has 0 heterocycles. The molecule has 4 heteroatoms. The summed E-state index contributed by atoms with van der Waals surface area (Å²) in [6.07, 6.45) is 2.11. The number of thioether (sulfide) groups is 1. The van der Waals surface area contributed by atoms with E-state index in [1.807, 2.05) is 11.8 Å². The highest BCUT2D eigenvalue weighted by atomic mass is 35.5. The van der Waals surface area contributed by atoms with Gasteiger partial charge in [-0.15, -0.1) is 0 Å². The minimum atomic E-state index is 0.660. The summed E-state index contributed by atoms with van der Waals surface area (Å²) < 4.78 is 0. The van der Waals surface area contributed by atoms with Crippen molar-refractivity contribution >= 4 is 35.0 Å². The maximum atomic E-state index is 5.69. The van der Waals surface area contributed by atoms with Gasteiger partial charge >= 0.3 is 0 Å². The fraction of sp³-hybridized carbons (Fsp3) is 0.750. The molecule has 0 spiro atoms. The van der Waals surface area contributed by atoms with Crippen LogP contribution in [0.3, 0.4) is 0 Å². The van der Waals surface area contributed by atoms with Gasteiger partial charge in [0.1, 0.15) is 0 Å². The summed E-state index contributed by atoms with van der Waals surface area (Å²) in [6.45, 7) is 3.87. The van der Waals surface area contributed by atoms with Crippen molar-refractivity contribution in [1.82, 2.24) is 5.32 Å². The number of rotatable bonds is 6. The van der Waals surface area contributed by atoms with E-state index in [4.69, 9.17) is 23.2 Å². The fourth-order valence-corrected chi connectivity index (χ4v) is 1.68.